The summed E-state index contributed by atoms with van der Waals surface area (Å²) in [5.74, 6) is -3.36. The van der Waals surface area contributed by atoms with Gasteiger partial charge in [-0.05, 0) is 44.2 Å². The Morgan fingerprint density at radius 3 is 2.05 bits per heavy atom. The van der Waals surface area contributed by atoms with Gasteiger partial charge >= 0.3 is 0 Å². The zero-order valence-corrected chi connectivity index (χ0v) is 23.8. The van der Waals surface area contributed by atoms with Crippen LogP contribution in [0.1, 0.15) is 40.0 Å². The lowest BCUT2D eigenvalue weighted by Gasteiger charge is -2.26. The highest BCUT2D eigenvalue weighted by Gasteiger charge is 2.32. The molecule has 0 saturated carbocycles. The lowest BCUT2D eigenvalue weighted by Crippen LogP contribution is -2.60. The Kier molecular flexibility index (Phi) is 14.8. The van der Waals surface area contributed by atoms with Gasteiger partial charge in [0.25, 0.3) is 5.69 Å². The molecule has 0 aliphatic rings. The molecule has 0 spiro atoms. The molecule has 1 aromatic rings. The van der Waals surface area contributed by atoms with Crippen molar-refractivity contribution in [1.29, 1.82) is 0 Å². The molecule has 0 saturated heterocycles. The number of non-ortho nitro benzene ring substituents is 1. The molecule has 0 aliphatic carbocycles. The van der Waals surface area contributed by atoms with Crippen LogP contribution in [-0.2, 0) is 19.2 Å². The van der Waals surface area contributed by atoms with E-state index in [9.17, 15) is 39.5 Å². The van der Waals surface area contributed by atoms with Crippen molar-refractivity contribution in [1.82, 2.24) is 16.0 Å². The highest BCUT2D eigenvalue weighted by molar-refractivity contribution is 5.99. The first-order valence-electron chi connectivity index (χ1n) is 13.2. The summed E-state index contributed by atoms with van der Waals surface area (Å²) in [6.45, 7) is 4.25. The Hall–Kier alpha value is -4.35. The molecule has 0 unspecified atom stereocenters. The van der Waals surface area contributed by atoms with E-state index in [0.29, 0.717) is 6.42 Å². The summed E-state index contributed by atoms with van der Waals surface area (Å²) in [5.41, 5.74) is 16.5. The van der Waals surface area contributed by atoms with Gasteiger partial charge in [0.05, 0.1) is 23.7 Å². The third-order valence-electron chi connectivity index (χ3n) is 5.86. The fourth-order valence-corrected chi connectivity index (χ4v) is 3.68. The lowest BCUT2D eigenvalue weighted by molar-refractivity contribution is -0.384. The molecule has 0 aliphatic heterocycles. The van der Waals surface area contributed by atoms with Crippen molar-refractivity contribution in [2.75, 3.05) is 18.5 Å². The van der Waals surface area contributed by atoms with Crippen molar-refractivity contribution < 1.29 is 34.3 Å². The van der Waals surface area contributed by atoms with Crippen molar-refractivity contribution in [3.05, 3.63) is 34.4 Å². The van der Waals surface area contributed by atoms with Crippen molar-refractivity contribution in [2.24, 2.45) is 28.1 Å². The standard InChI is InChI=1S/C25H41N9O8/c1-13(2)11-17(26)21(37)32-19(12-35)23(39)33-20(14(3)36)24(40)31-18(5-4-10-29-25(27)28)22(38)30-15-6-8-16(9-7-15)34(41)42/h6-9,13-14,17-20,35-36H,4-5,10-12,26H2,1-3H3,(H,30,38)(H,31,40)(H,32,37)(H,33,39)(H4,27,28,29)/t14-,17+,18-,19-,20+/m1/s1. The number of nitrogens with zero attached hydrogens (tertiary/aromatic N) is 2. The number of carbonyl (C=O) groups is 4. The number of aliphatic hydroxyl groups is 2. The molecule has 234 valence electrons. The fourth-order valence-electron chi connectivity index (χ4n) is 3.68. The van der Waals surface area contributed by atoms with Gasteiger partial charge in [-0.3, -0.25) is 34.3 Å². The number of hydrogen-bond donors (Lipinski definition) is 9. The summed E-state index contributed by atoms with van der Waals surface area (Å²) in [5, 5.41) is 40.4. The Balaban J connectivity index is 3.03. The number of carbonyl (C=O) groups excluding carboxylic acids is 4. The molecule has 1 aromatic carbocycles. The number of nitro groups is 1. The number of nitrogens with one attached hydrogen (secondary N) is 4. The Morgan fingerprint density at radius 1 is 0.952 bits per heavy atom. The predicted octanol–water partition coefficient (Wildman–Crippen LogP) is -2.21. The minimum absolute atomic E-state index is 0.0326. The van der Waals surface area contributed by atoms with Crippen LogP contribution in [0.25, 0.3) is 0 Å². The number of aliphatic hydroxyl groups excluding tert-OH is 2. The van der Waals surface area contributed by atoms with Gasteiger partial charge in [-0.2, -0.15) is 0 Å². The van der Waals surface area contributed by atoms with E-state index in [1.807, 2.05) is 13.8 Å². The molecule has 42 heavy (non-hydrogen) atoms. The van der Waals surface area contributed by atoms with E-state index in [-0.39, 0.29) is 42.6 Å². The van der Waals surface area contributed by atoms with Crippen LogP contribution in [-0.4, -0.2) is 88.1 Å². The first-order chi connectivity index (χ1) is 19.7. The minimum atomic E-state index is -1.58. The quantitative estimate of drug-likeness (QED) is 0.0306. The molecular weight excluding hydrogens is 554 g/mol. The minimum Gasteiger partial charge on any atom is -0.394 e. The summed E-state index contributed by atoms with van der Waals surface area (Å²) in [6, 6.07) is -0.197. The number of anilines is 1. The van der Waals surface area contributed by atoms with Gasteiger partial charge in [0.15, 0.2) is 5.96 Å². The number of amides is 4. The Bertz CT molecular complexity index is 1110. The SMILES string of the molecule is CC(C)C[C@H](N)C(=O)N[C@H](CO)C(=O)N[C@H](C(=O)N[C@H](CCCN=C(N)N)C(=O)Nc1ccc([N+](=O)[O-])cc1)[C@@H](C)O. The Labute approximate surface area is 242 Å². The van der Waals surface area contributed by atoms with Crippen molar-refractivity contribution in [3.8, 4) is 0 Å². The van der Waals surface area contributed by atoms with Crippen molar-refractivity contribution in [3.63, 3.8) is 0 Å². The number of aliphatic imine (C=N–C) groups is 1. The predicted molar refractivity (Wildman–Crippen MR) is 154 cm³/mol. The number of nitro benzene ring substituents is 1. The van der Waals surface area contributed by atoms with Gasteiger partial charge in [0.1, 0.15) is 18.1 Å². The normalized spacial score (nSPS) is 14.5. The smallest absolute Gasteiger partial charge is 0.269 e. The van der Waals surface area contributed by atoms with E-state index in [1.54, 1.807) is 0 Å². The van der Waals surface area contributed by atoms with E-state index >= 15 is 0 Å². The molecule has 1 rings (SSSR count). The van der Waals surface area contributed by atoms with Crippen LogP contribution >= 0.6 is 0 Å². The molecule has 4 amide bonds. The second kappa shape index (κ2) is 17.5. The Morgan fingerprint density at radius 2 is 1.55 bits per heavy atom. The number of guanidine groups is 1. The molecule has 12 N–H and O–H groups in total. The molecule has 17 nitrogen and oxygen atoms in total. The van der Waals surface area contributed by atoms with Crippen LogP contribution < -0.4 is 38.5 Å². The van der Waals surface area contributed by atoms with Crippen LogP contribution in [0.15, 0.2) is 29.3 Å². The lowest BCUT2D eigenvalue weighted by atomic mass is 10.0. The van der Waals surface area contributed by atoms with E-state index in [4.69, 9.17) is 17.2 Å². The molecule has 0 aromatic heterocycles. The summed E-state index contributed by atoms with van der Waals surface area (Å²) in [4.78, 5) is 65.4. The molecule has 0 bridgehead atoms. The zero-order chi connectivity index (χ0) is 32.0. The van der Waals surface area contributed by atoms with Gasteiger partial charge in [0.2, 0.25) is 23.6 Å². The van der Waals surface area contributed by atoms with Crippen LogP contribution in [0.5, 0.6) is 0 Å². The molecule has 0 heterocycles. The van der Waals surface area contributed by atoms with Gasteiger partial charge in [-0.15, -0.1) is 0 Å². The first kappa shape index (κ1) is 35.7. The highest BCUT2D eigenvalue weighted by Crippen LogP contribution is 2.16. The second-order valence-electron chi connectivity index (χ2n) is 10.0. The average Bonchev–Trinajstić information content (AvgIpc) is 2.90. The molecule has 5 atom stereocenters. The summed E-state index contributed by atoms with van der Waals surface area (Å²) in [6.07, 6.45) is -0.841. The van der Waals surface area contributed by atoms with E-state index in [1.165, 1.54) is 31.2 Å². The largest absolute Gasteiger partial charge is 0.394 e. The number of nitrogens with two attached hydrogens (primary N) is 3. The van der Waals surface area contributed by atoms with Gasteiger partial charge in [0, 0.05) is 24.4 Å². The van der Waals surface area contributed by atoms with Crippen LogP contribution in [0.4, 0.5) is 11.4 Å². The average molecular weight is 596 g/mol. The maximum atomic E-state index is 13.1. The summed E-state index contributed by atoms with van der Waals surface area (Å²) < 4.78 is 0. The van der Waals surface area contributed by atoms with E-state index < -0.39 is 65.4 Å². The molecule has 17 heteroatoms. The molecular formula is C25H41N9O8. The van der Waals surface area contributed by atoms with Crippen LogP contribution in [0, 0.1) is 16.0 Å². The maximum absolute atomic E-state index is 13.1. The van der Waals surface area contributed by atoms with Gasteiger partial charge in [-0.1, -0.05) is 13.8 Å². The van der Waals surface area contributed by atoms with Crippen LogP contribution in [0.3, 0.4) is 0 Å². The zero-order valence-electron chi connectivity index (χ0n) is 23.8. The third-order valence-corrected chi connectivity index (χ3v) is 5.86. The molecule has 0 fully saturated rings. The third kappa shape index (κ3) is 12.4. The van der Waals surface area contributed by atoms with E-state index in [2.05, 4.69) is 26.3 Å². The van der Waals surface area contributed by atoms with E-state index in [0.717, 1.165) is 0 Å². The number of rotatable bonds is 17. The monoisotopic (exact) mass is 595 g/mol. The maximum Gasteiger partial charge on any atom is 0.269 e. The fraction of sp³-hybridized carbons (Fsp3) is 0.560. The van der Waals surface area contributed by atoms with Gasteiger partial charge in [-0.25, -0.2) is 0 Å². The first-order valence-corrected chi connectivity index (χ1v) is 13.2. The van der Waals surface area contributed by atoms with Crippen molar-refractivity contribution >= 4 is 41.0 Å². The summed E-state index contributed by atoms with van der Waals surface area (Å²) >= 11 is 0. The topological polar surface area (TPSA) is 290 Å². The number of hydrogen-bond acceptors (Lipinski definition) is 10. The number of benzene rings is 1. The highest BCUT2D eigenvalue weighted by atomic mass is 16.6. The van der Waals surface area contributed by atoms with Crippen LogP contribution in [0.2, 0.25) is 0 Å². The molecule has 0 radical (unpaired) electrons. The second-order valence-corrected chi connectivity index (χ2v) is 10.0. The van der Waals surface area contributed by atoms with Gasteiger partial charge < -0.3 is 48.7 Å². The summed E-state index contributed by atoms with van der Waals surface area (Å²) in [7, 11) is 0. The van der Waals surface area contributed by atoms with Crippen molar-refractivity contribution in [2.45, 2.75) is 70.3 Å².